The highest BCUT2D eigenvalue weighted by Gasteiger charge is 2.34. The van der Waals surface area contributed by atoms with Crippen molar-refractivity contribution in [1.82, 2.24) is 4.90 Å². The van der Waals surface area contributed by atoms with E-state index in [0.717, 1.165) is 31.0 Å². The first-order valence-electron chi connectivity index (χ1n) is 7.31. The molecule has 1 aliphatic heterocycles. The summed E-state index contributed by atoms with van der Waals surface area (Å²) >= 11 is 0. The average molecular weight is 292 g/mol. The quantitative estimate of drug-likeness (QED) is 0.866. The predicted molar refractivity (Wildman–Crippen MR) is 81.5 cm³/mol. The smallest absolute Gasteiger partial charge is 0.226 e. The van der Waals surface area contributed by atoms with Gasteiger partial charge in [0.1, 0.15) is 11.5 Å². The first kappa shape index (κ1) is 15.6. The number of carbonyl (C=O) groups excluding carboxylic acids is 1. The molecule has 0 spiro atoms. The first-order valence-corrected chi connectivity index (χ1v) is 7.31. The summed E-state index contributed by atoms with van der Waals surface area (Å²) in [6.07, 6.45) is 1.38. The summed E-state index contributed by atoms with van der Waals surface area (Å²) in [5.41, 5.74) is 5.83. The molecule has 0 aromatic heterocycles. The van der Waals surface area contributed by atoms with Gasteiger partial charge in [-0.2, -0.15) is 0 Å². The van der Waals surface area contributed by atoms with Gasteiger partial charge < -0.3 is 20.1 Å². The van der Waals surface area contributed by atoms with Crippen molar-refractivity contribution in [3.8, 4) is 11.5 Å². The molecule has 1 aliphatic rings. The Labute approximate surface area is 126 Å². The first-order chi connectivity index (χ1) is 10.1. The lowest BCUT2D eigenvalue weighted by Crippen LogP contribution is -2.35. The van der Waals surface area contributed by atoms with Crippen LogP contribution in [0.25, 0.3) is 0 Å². The molecule has 1 unspecified atom stereocenters. The van der Waals surface area contributed by atoms with Crippen molar-refractivity contribution in [2.75, 3.05) is 33.4 Å². The molecule has 5 nitrogen and oxygen atoms in total. The minimum absolute atomic E-state index is 0.0759. The van der Waals surface area contributed by atoms with E-state index in [2.05, 4.69) is 6.92 Å². The van der Waals surface area contributed by atoms with Crippen LogP contribution in [0.3, 0.4) is 0 Å². The summed E-state index contributed by atoms with van der Waals surface area (Å²) in [5, 5.41) is 0. The number of ether oxygens (including phenoxy) is 2. The molecule has 0 radical (unpaired) electrons. The van der Waals surface area contributed by atoms with Crippen LogP contribution in [0.4, 0.5) is 0 Å². The molecule has 0 bridgehead atoms. The Morgan fingerprint density at radius 2 is 2.00 bits per heavy atom. The van der Waals surface area contributed by atoms with Crippen LogP contribution >= 0.6 is 0 Å². The second kappa shape index (κ2) is 6.80. The van der Waals surface area contributed by atoms with Crippen LogP contribution in [-0.4, -0.2) is 44.2 Å². The lowest BCUT2D eigenvalue weighted by Gasteiger charge is -2.22. The Morgan fingerprint density at radius 1 is 1.33 bits per heavy atom. The van der Waals surface area contributed by atoms with Crippen molar-refractivity contribution < 1.29 is 14.3 Å². The number of nitrogens with two attached hydrogens (primary N) is 1. The van der Waals surface area contributed by atoms with Gasteiger partial charge >= 0.3 is 0 Å². The minimum Gasteiger partial charge on any atom is -0.497 e. The third kappa shape index (κ3) is 4.11. The summed E-state index contributed by atoms with van der Waals surface area (Å²) in [5.74, 6) is 1.68. The summed E-state index contributed by atoms with van der Waals surface area (Å²) in [6.45, 7) is 4.70. The molecular formula is C16H24N2O3. The number of rotatable bonds is 6. The highest BCUT2D eigenvalue weighted by atomic mass is 16.5. The van der Waals surface area contributed by atoms with E-state index in [1.165, 1.54) is 0 Å². The molecule has 1 saturated heterocycles. The number of methoxy groups -OCH3 is 1. The molecule has 0 aliphatic carbocycles. The highest BCUT2D eigenvalue weighted by molar-refractivity contribution is 5.76. The average Bonchev–Trinajstić information content (AvgIpc) is 2.91. The molecule has 1 aromatic rings. The Kier molecular flexibility index (Phi) is 5.07. The minimum atomic E-state index is 0.0759. The molecule has 1 atom stereocenters. The lowest BCUT2D eigenvalue weighted by atomic mass is 9.90. The lowest BCUT2D eigenvalue weighted by molar-refractivity contribution is -0.131. The Balaban J connectivity index is 1.74. The Hall–Kier alpha value is -1.75. The van der Waals surface area contributed by atoms with E-state index in [1.807, 2.05) is 29.2 Å². The van der Waals surface area contributed by atoms with Crippen LogP contribution < -0.4 is 15.2 Å². The van der Waals surface area contributed by atoms with Crippen LogP contribution in [-0.2, 0) is 4.79 Å². The molecule has 1 amide bonds. The molecule has 1 aromatic carbocycles. The normalized spacial score (nSPS) is 21.4. The van der Waals surface area contributed by atoms with E-state index >= 15 is 0 Å². The summed E-state index contributed by atoms with van der Waals surface area (Å²) < 4.78 is 10.7. The van der Waals surface area contributed by atoms with Crippen LogP contribution in [0.5, 0.6) is 11.5 Å². The molecule has 2 N–H and O–H groups in total. The van der Waals surface area contributed by atoms with Crippen LogP contribution in [0.15, 0.2) is 24.3 Å². The van der Waals surface area contributed by atoms with Crippen molar-refractivity contribution in [1.29, 1.82) is 0 Å². The SMILES string of the molecule is COc1ccc(OCCC(=O)N2CCC(C)(CN)C2)cc1. The number of amides is 1. The fourth-order valence-corrected chi connectivity index (χ4v) is 2.49. The molecule has 2 rings (SSSR count). The maximum Gasteiger partial charge on any atom is 0.226 e. The van der Waals surface area contributed by atoms with Gasteiger partial charge in [-0.1, -0.05) is 6.92 Å². The Morgan fingerprint density at radius 3 is 2.57 bits per heavy atom. The van der Waals surface area contributed by atoms with Gasteiger partial charge in [-0.15, -0.1) is 0 Å². The summed E-state index contributed by atoms with van der Waals surface area (Å²) in [7, 11) is 1.62. The van der Waals surface area contributed by atoms with E-state index in [4.69, 9.17) is 15.2 Å². The second-order valence-corrected chi connectivity index (χ2v) is 5.85. The monoisotopic (exact) mass is 292 g/mol. The molecule has 21 heavy (non-hydrogen) atoms. The van der Waals surface area contributed by atoms with Crippen LogP contribution in [0, 0.1) is 5.41 Å². The number of benzene rings is 1. The van der Waals surface area contributed by atoms with Gasteiger partial charge in [0.25, 0.3) is 0 Å². The third-order valence-corrected chi connectivity index (χ3v) is 4.05. The fraction of sp³-hybridized carbons (Fsp3) is 0.562. The molecule has 116 valence electrons. The fourth-order valence-electron chi connectivity index (χ4n) is 2.49. The van der Waals surface area contributed by atoms with E-state index in [0.29, 0.717) is 19.6 Å². The number of nitrogens with zero attached hydrogens (tertiary/aromatic N) is 1. The van der Waals surface area contributed by atoms with Gasteiger partial charge in [0.05, 0.1) is 20.1 Å². The molecule has 1 fully saturated rings. The molecule has 1 heterocycles. The van der Waals surface area contributed by atoms with Crippen molar-refractivity contribution in [2.45, 2.75) is 19.8 Å². The highest BCUT2D eigenvalue weighted by Crippen LogP contribution is 2.28. The van der Waals surface area contributed by atoms with Crippen molar-refractivity contribution in [3.63, 3.8) is 0 Å². The third-order valence-electron chi connectivity index (χ3n) is 4.05. The van der Waals surface area contributed by atoms with E-state index in [9.17, 15) is 4.79 Å². The number of likely N-dealkylation sites (tertiary alicyclic amines) is 1. The topological polar surface area (TPSA) is 64.8 Å². The zero-order chi connectivity index (χ0) is 15.3. The van der Waals surface area contributed by atoms with Gasteiger partial charge in [0.15, 0.2) is 0 Å². The predicted octanol–water partition coefficient (Wildman–Crippen LogP) is 1.66. The van der Waals surface area contributed by atoms with Crippen LogP contribution in [0.1, 0.15) is 19.8 Å². The van der Waals surface area contributed by atoms with Crippen molar-refractivity contribution in [2.24, 2.45) is 11.1 Å². The van der Waals surface area contributed by atoms with Gasteiger partial charge in [-0.3, -0.25) is 4.79 Å². The summed E-state index contributed by atoms with van der Waals surface area (Å²) in [4.78, 5) is 14.0. The molecular weight excluding hydrogens is 268 g/mol. The van der Waals surface area contributed by atoms with Gasteiger partial charge in [-0.25, -0.2) is 0 Å². The van der Waals surface area contributed by atoms with E-state index < -0.39 is 0 Å². The zero-order valence-electron chi connectivity index (χ0n) is 12.8. The van der Waals surface area contributed by atoms with E-state index in [-0.39, 0.29) is 11.3 Å². The molecule has 5 heteroatoms. The summed E-state index contributed by atoms with van der Waals surface area (Å²) in [6, 6.07) is 7.35. The Bertz CT molecular complexity index is 475. The molecule has 0 saturated carbocycles. The van der Waals surface area contributed by atoms with Crippen LogP contribution in [0.2, 0.25) is 0 Å². The van der Waals surface area contributed by atoms with Crippen molar-refractivity contribution >= 4 is 5.91 Å². The maximum atomic E-state index is 12.1. The number of hydrogen-bond acceptors (Lipinski definition) is 4. The van der Waals surface area contributed by atoms with Gasteiger partial charge in [-0.05, 0) is 42.6 Å². The van der Waals surface area contributed by atoms with E-state index in [1.54, 1.807) is 7.11 Å². The zero-order valence-corrected chi connectivity index (χ0v) is 12.8. The second-order valence-electron chi connectivity index (χ2n) is 5.85. The van der Waals surface area contributed by atoms with Crippen molar-refractivity contribution in [3.05, 3.63) is 24.3 Å². The number of carbonyl (C=O) groups is 1. The maximum absolute atomic E-state index is 12.1. The standard InChI is InChI=1S/C16H24N2O3/c1-16(11-17)8-9-18(12-16)15(19)7-10-21-14-5-3-13(20-2)4-6-14/h3-6H,7-12,17H2,1-2H3. The van der Waals surface area contributed by atoms with Gasteiger partial charge in [0.2, 0.25) is 5.91 Å². The number of hydrogen-bond donors (Lipinski definition) is 1. The largest absolute Gasteiger partial charge is 0.497 e. The van der Waals surface area contributed by atoms with Gasteiger partial charge in [0, 0.05) is 13.1 Å².